The van der Waals surface area contributed by atoms with Crippen LogP contribution in [0.25, 0.3) is 0 Å². The first-order valence-electron chi connectivity index (χ1n) is 10.7. The molecular weight excluding hydrogens is 367 g/mol. The van der Waals surface area contributed by atoms with Gasteiger partial charge in [-0.15, -0.1) is 0 Å². The Bertz CT molecular complexity index is 713. The highest BCUT2D eigenvalue weighted by molar-refractivity contribution is 5.34. The largest absolute Gasteiger partial charge is 0.394 e. The van der Waals surface area contributed by atoms with Crippen molar-refractivity contribution in [1.29, 1.82) is 0 Å². The van der Waals surface area contributed by atoms with Gasteiger partial charge in [0.1, 0.15) is 5.82 Å². The molecule has 1 fully saturated rings. The van der Waals surface area contributed by atoms with Crippen molar-refractivity contribution in [3.05, 3.63) is 71.0 Å². The van der Waals surface area contributed by atoms with Crippen molar-refractivity contribution >= 4 is 0 Å². The van der Waals surface area contributed by atoms with E-state index in [1.54, 1.807) is 12.1 Å². The molecular formula is C24H33FN2O2. The van der Waals surface area contributed by atoms with Crippen molar-refractivity contribution < 1.29 is 14.2 Å². The number of ether oxygens (including phenoxy) is 1. The molecule has 29 heavy (non-hydrogen) atoms. The van der Waals surface area contributed by atoms with Crippen LogP contribution < -0.4 is 0 Å². The van der Waals surface area contributed by atoms with E-state index in [9.17, 15) is 4.39 Å². The van der Waals surface area contributed by atoms with E-state index in [0.717, 1.165) is 51.1 Å². The minimum absolute atomic E-state index is 0.0736. The van der Waals surface area contributed by atoms with Crippen LogP contribution in [0.4, 0.5) is 4.39 Å². The van der Waals surface area contributed by atoms with Crippen molar-refractivity contribution in [2.75, 3.05) is 52.5 Å². The van der Waals surface area contributed by atoms with Crippen LogP contribution in [0.15, 0.2) is 48.5 Å². The van der Waals surface area contributed by atoms with Crippen LogP contribution in [0.5, 0.6) is 0 Å². The first kappa shape index (κ1) is 21.9. The molecule has 2 aromatic rings. The molecule has 158 valence electrons. The number of rotatable bonds is 10. The minimum atomic E-state index is -0.196. The van der Waals surface area contributed by atoms with Gasteiger partial charge in [0.2, 0.25) is 0 Å². The van der Waals surface area contributed by atoms with Crippen LogP contribution in [0.3, 0.4) is 0 Å². The van der Waals surface area contributed by atoms with Gasteiger partial charge in [-0.25, -0.2) is 4.39 Å². The summed E-state index contributed by atoms with van der Waals surface area (Å²) in [4.78, 5) is 4.90. The number of hydrogen-bond acceptors (Lipinski definition) is 4. The highest BCUT2D eigenvalue weighted by Gasteiger charge is 2.26. The lowest BCUT2D eigenvalue weighted by Gasteiger charge is -2.39. The minimum Gasteiger partial charge on any atom is -0.394 e. The van der Waals surface area contributed by atoms with Gasteiger partial charge in [0.15, 0.2) is 0 Å². The summed E-state index contributed by atoms with van der Waals surface area (Å²) in [5.41, 5.74) is 3.76. The van der Waals surface area contributed by atoms with E-state index in [2.05, 4.69) is 41.0 Å². The maximum Gasteiger partial charge on any atom is 0.123 e. The molecule has 0 bridgehead atoms. The van der Waals surface area contributed by atoms with Crippen LogP contribution >= 0.6 is 0 Å². The Balaban J connectivity index is 1.70. The maximum absolute atomic E-state index is 13.5. The Morgan fingerprint density at radius 2 is 1.55 bits per heavy atom. The van der Waals surface area contributed by atoms with Crippen LogP contribution in [-0.2, 0) is 11.2 Å². The Labute approximate surface area is 173 Å². The van der Waals surface area contributed by atoms with Gasteiger partial charge in [0.05, 0.1) is 25.9 Å². The molecule has 1 aliphatic heterocycles. The summed E-state index contributed by atoms with van der Waals surface area (Å²) in [6, 6.07) is 16.0. The lowest BCUT2D eigenvalue weighted by Crippen LogP contribution is -2.48. The summed E-state index contributed by atoms with van der Waals surface area (Å²) in [5.74, 6) is -0.196. The van der Waals surface area contributed by atoms with E-state index in [1.807, 2.05) is 12.1 Å². The van der Waals surface area contributed by atoms with Gasteiger partial charge in [-0.05, 0) is 35.2 Å². The SMILES string of the molecule is CCCc1ccc(C(c2ccc(F)cc2)N2CCN(CCOCCO)CC2)cc1. The molecule has 3 rings (SSSR count). The Hall–Kier alpha value is -1.79. The average Bonchev–Trinajstić information content (AvgIpc) is 2.75. The topological polar surface area (TPSA) is 35.9 Å². The van der Waals surface area contributed by atoms with Gasteiger partial charge in [-0.2, -0.15) is 0 Å². The second-order valence-electron chi connectivity index (χ2n) is 7.66. The summed E-state index contributed by atoms with van der Waals surface area (Å²) in [5, 5.41) is 8.81. The van der Waals surface area contributed by atoms with Gasteiger partial charge in [-0.1, -0.05) is 49.7 Å². The molecule has 0 aromatic heterocycles. The third-order valence-electron chi connectivity index (χ3n) is 5.58. The average molecular weight is 401 g/mol. The highest BCUT2D eigenvalue weighted by atomic mass is 19.1. The molecule has 2 aromatic carbocycles. The molecule has 0 spiro atoms. The first-order chi connectivity index (χ1) is 14.2. The van der Waals surface area contributed by atoms with E-state index < -0.39 is 0 Å². The first-order valence-corrected chi connectivity index (χ1v) is 10.7. The summed E-state index contributed by atoms with van der Waals surface area (Å²) in [6.45, 7) is 8.09. The van der Waals surface area contributed by atoms with E-state index >= 15 is 0 Å². The Morgan fingerprint density at radius 1 is 0.931 bits per heavy atom. The molecule has 0 saturated carbocycles. The van der Waals surface area contributed by atoms with Crippen LogP contribution in [0, 0.1) is 5.82 Å². The number of nitrogens with zero attached hydrogens (tertiary/aromatic N) is 2. The molecule has 1 atom stereocenters. The Morgan fingerprint density at radius 3 is 2.14 bits per heavy atom. The fourth-order valence-electron chi connectivity index (χ4n) is 4.02. The molecule has 0 radical (unpaired) electrons. The summed E-state index contributed by atoms with van der Waals surface area (Å²) >= 11 is 0. The maximum atomic E-state index is 13.5. The summed E-state index contributed by atoms with van der Waals surface area (Å²) in [7, 11) is 0. The van der Waals surface area contributed by atoms with Gasteiger partial charge in [-0.3, -0.25) is 9.80 Å². The second kappa shape index (κ2) is 11.4. The summed E-state index contributed by atoms with van der Waals surface area (Å²) in [6.07, 6.45) is 2.24. The van der Waals surface area contributed by atoms with Gasteiger partial charge in [0, 0.05) is 32.7 Å². The van der Waals surface area contributed by atoms with Gasteiger partial charge >= 0.3 is 0 Å². The molecule has 1 saturated heterocycles. The quantitative estimate of drug-likeness (QED) is 0.620. The van der Waals surface area contributed by atoms with Crippen LogP contribution in [-0.4, -0.2) is 67.5 Å². The van der Waals surface area contributed by atoms with E-state index in [4.69, 9.17) is 9.84 Å². The Kier molecular flexibility index (Phi) is 8.62. The van der Waals surface area contributed by atoms with Crippen molar-refractivity contribution in [2.24, 2.45) is 0 Å². The number of hydrogen-bond donors (Lipinski definition) is 1. The van der Waals surface area contributed by atoms with Crippen LogP contribution in [0.2, 0.25) is 0 Å². The number of aliphatic hydroxyl groups is 1. The monoisotopic (exact) mass is 400 g/mol. The zero-order valence-electron chi connectivity index (χ0n) is 17.4. The molecule has 0 aliphatic carbocycles. The van der Waals surface area contributed by atoms with Crippen molar-refractivity contribution in [1.82, 2.24) is 9.80 Å². The molecule has 1 aliphatic rings. The summed E-state index contributed by atoms with van der Waals surface area (Å²) < 4.78 is 18.9. The molecule has 0 amide bonds. The zero-order valence-corrected chi connectivity index (χ0v) is 17.4. The zero-order chi connectivity index (χ0) is 20.5. The third-order valence-corrected chi connectivity index (χ3v) is 5.58. The molecule has 1 N–H and O–H groups in total. The molecule has 4 nitrogen and oxygen atoms in total. The van der Waals surface area contributed by atoms with E-state index in [0.29, 0.717) is 13.2 Å². The smallest absolute Gasteiger partial charge is 0.123 e. The van der Waals surface area contributed by atoms with Gasteiger partial charge in [0.25, 0.3) is 0 Å². The fourth-order valence-corrected chi connectivity index (χ4v) is 4.02. The number of aliphatic hydroxyl groups excluding tert-OH is 1. The van der Waals surface area contributed by atoms with Crippen LogP contribution in [0.1, 0.15) is 36.1 Å². The normalized spacial score (nSPS) is 16.8. The molecule has 1 unspecified atom stereocenters. The number of benzene rings is 2. The van der Waals surface area contributed by atoms with Crippen molar-refractivity contribution in [3.63, 3.8) is 0 Å². The number of piperazine rings is 1. The van der Waals surface area contributed by atoms with Crippen molar-refractivity contribution in [3.8, 4) is 0 Å². The standard InChI is InChI=1S/C24H33FN2O2/c1-2-3-20-4-6-21(7-5-20)24(22-8-10-23(25)11-9-22)27-14-12-26(13-15-27)16-18-29-19-17-28/h4-11,24,28H,2-3,12-19H2,1H3. The third kappa shape index (κ3) is 6.34. The van der Waals surface area contributed by atoms with E-state index in [1.165, 1.54) is 11.1 Å². The number of halogens is 1. The fraction of sp³-hybridized carbons (Fsp3) is 0.500. The van der Waals surface area contributed by atoms with E-state index in [-0.39, 0.29) is 18.5 Å². The van der Waals surface area contributed by atoms with Crippen molar-refractivity contribution in [2.45, 2.75) is 25.8 Å². The van der Waals surface area contributed by atoms with Gasteiger partial charge < -0.3 is 9.84 Å². The molecule has 1 heterocycles. The predicted molar refractivity (Wildman–Crippen MR) is 115 cm³/mol. The number of aryl methyl sites for hydroxylation is 1. The second-order valence-corrected chi connectivity index (χ2v) is 7.66. The lowest BCUT2D eigenvalue weighted by molar-refractivity contribution is 0.0522. The lowest BCUT2D eigenvalue weighted by atomic mass is 9.95. The molecule has 5 heteroatoms. The predicted octanol–water partition coefficient (Wildman–Crippen LogP) is 3.49. The highest BCUT2D eigenvalue weighted by Crippen LogP contribution is 2.30.